The van der Waals surface area contributed by atoms with Crippen LogP contribution < -0.4 is 0 Å². The third kappa shape index (κ3) is 5.27. The van der Waals surface area contributed by atoms with Gasteiger partial charge in [-0.1, -0.05) is 30.3 Å². The summed E-state index contributed by atoms with van der Waals surface area (Å²) >= 11 is 0. The normalized spacial score (nSPS) is 12.0. The van der Waals surface area contributed by atoms with Gasteiger partial charge in [0.25, 0.3) is 5.91 Å². The molecule has 0 unspecified atom stereocenters. The van der Waals surface area contributed by atoms with Gasteiger partial charge in [0.2, 0.25) is 0 Å². The van der Waals surface area contributed by atoms with Gasteiger partial charge in [-0.25, -0.2) is 0 Å². The lowest BCUT2D eigenvalue weighted by molar-refractivity contribution is -0.143. The lowest BCUT2D eigenvalue weighted by atomic mass is 9.99. The lowest BCUT2D eigenvalue weighted by Crippen LogP contribution is -2.27. The molecular weight excluding hydrogens is 434 g/mol. The smallest absolute Gasteiger partial charge is 0.337 e. The molecule has 9 heteroatoms. The molecule has 1 amide bonds. The van der Waals surface area contributed by atoms with Crippen LogP contribution >= 0.6 is 0 Å². The summed E-state index contributed by atoms with van der Waals surface area (Å²) in [6.45, 7) is 1.29. The van der Waals surface area contributed by atoms with E-state index >= 15 is 0 Å². The standard InChI is InChI=1S/C23H18F6N2O/c1-14-8-19(16-6-4-3-5-7-16)20(12-30-14)21(32)31(2)13-15-9-17(22(24,25)26)11-18(10-15)23(27,28)29/h3-12H,13H2,1-2H3. The Morgan fingerprint density at radius 3 is 2.00 bits per heavy atom. The number of pyridine rings is 1. The van der Waals surface area contributed by atoms with E-state index in [9.17, 15) is 31.1 Å². The number of aryl methyl sites for hydroxylation is 1. The van der Waals surface area contributed by atoms with Crippen molar-refractivity contribution in [1.82, 2.24) is 9.88 Å². The lowest BCUT2D eigenvalue weighted by Gasteiger charge is -2.21. The number of alkyl halides is 6. The maximum atomic E-state index is 13.1. The molecule has 0 aliphatic heterocycles. The second-order valence-electron chi connectivity index (χ2n) is 7.31. The molecule has 0 atom stereocenters. The largest absolute Gasteiger partial charge is 0.416 e. The van der Waals surface area contributed by atoms with Gasteiger partial charge < -0.3 is 4.90 Å². The van der Waals surface area contributed by atoms with Gasteiger partial charge in [-0.15, -0.1) is 0 Å². The number of halogens is 6. The van der Waals surface area contributed by atoms with E-state index in [1.54, 1.807) is 43.3 Å². The topological polar surface area (TPSA) is 33.2 Å². The molecule has 0 bridgehead atoms. The fraction of sp³-hybridized carbons (Fsp3) is 0.217. The summed E-state index contributed by atoms with van der Waals surface area (Å²) < 4.78 is 78.7. The second-order valence-corrected chi connectivity index (χ2v) is 7.31. The Morgan fingerprint density at radius 2 is 1.47 bits per heavy atom. The molecule has 0 spiro atoms. The molecule has 2 aromatic carbocycles. The monoisotopic (exact) mass is 452 g/mol. The SMILES string of the molecule is Cc1cc(-c2ccccc2)c(C(=O)N(C)Cc2cc(C(F)(F)F)cc(C(F)(F)F)c2)cn1. The molecule has 0 radical (unpaired) electrons. The van der Waals surface area contributed by atoms with E-state index in [0.29, 0.717) is 23.4 Å². The van der Waals surface area contributed by atoms with Gasteiger partial charge in [-0.3, -0.25) is 9.78 Å². The van der Waals surface area contributed by atoms with Crippen molar-refractivity contribution >= 4 is 5.91 Å². The second kappa shape index (κ2) is 8.64. The van der Waals surface area contributed by atoms with Crippen LogP contribution in [0.3, 0.4) is 0 Å². The highest BCUT2D eigenvalue weighted by molar-refractivity contribution is 6.00. The predicted molar refractivity (Wildman–Crippen MR) is 107 cm³/mol. The fourth-order valence-corrected chi connectivity index (χ4v) is 3.25. The summed E-state index contributed by atoms with van der Waals surface area (Å²) in [6.07, 6.45) is -8.57. The zero-order valence-corrected chi connectivity index (χ0v) is 17.1. The van der Waals surface area contributed by atoms with Crippen molar-refractivity contribution in [2.75, 3.05) is 7.05 Å². The summed E-state index contributed by atoms with van der Waals surface area (Å²) in [5, 5.41) is 0. The Hall–Kier alpha value is -3.36. The molecule has 0 saturated carbocycles. The molecular formula is C23H18F6N2O. The third-order valence-corrected chi connectivity index (χ3v) is 4.77. The highest BCUT2D eigenvalue weighted by Gasteiger charge is 2.37. The van der Waals surface area contributed by atoms with Crippen molar-refractivity contribution in [3.05, 3.63) is 88.7 Å². The average molecular weight is 452 g/mol. The Bertz CT molecular complexity index is 1090. The summed E-state index contributed by atoms with van der Waals surface area (Å²) in [4.78, 5) is 18.2. The van der Waals surface area contributed by atoms with Crippen molar-refractivity contribution in [2.45, 2.75) is 25.8 Å². The number of benzene rings is 2. The predicted octanol–water partition coefficient (Wildman–Crippen LogP) is 6.37. The van der Waals surface area contributed by atoms with E-state index in [1.807, 2.05) is 0 Å². The quantitative estimate of drug-likeness (QED) is 0.431. The Balaban J connectivity index is 1.97. The molecule has 3 nitrogen and oxygen atoms in total. The Labute approximate surface area is 180 Å². The van der Waals surface area contributed by atoms with Crippen LogP contribution in [0.25, 0.3) is 11.1 Å². The van der Waals surface area contributed by atoms with Gasteiger partial charge in [-0.2, -0.15) is 26.3 Å². The van der Waals surface area contributed by atoms with Crippen molar-refractivity contribution in [1.29, 1.82) is 0 Å². The number of amides is 1. The Kier molecular flexibility index (Phi) is 6.29. The van der Waals surface area contributed by atoms with Crippen LogP contribution in [0.4, 0.5) is 26.3 Å². The molecule has 1 heterocycles. The first-order valence-corrected chi connectivity index (χ1v) is 9.42. The van der Waals surface area contributed by atoms with Gasteiger partial charge in [0.05, 0.1) is 16.7 Å². The first-order valence-electron chi connectivity index (χ1n) is 9.42. The minimum absolute atomic E-state index is 0.0583. The minimum Gasteiger partial charge on any atom is -0.337 e. The van der Waals surface area contributed by atoms with Gasteiger partial charge in [0, 0.05) is 25.5 Å². The molecule has 0 N–H and O–H groups in total. The van der Waals surface area contributed by atoms with E-state index in [-0.39, 0.29) is 17.2 Å². The van der Waals surface area contributed by atoms with Gasteiger partial charge in [0.1, 0.15) is 0 Å². The van der Waals surface area contributed by atoms with Crippen LogP contribution in [0.15, 0.2) is 60.8 Å². The van der Waals surface area contributed by atoms with Crippen molar-refractivity contribution in [3.8, 4) is 11.1 Å². The molecule has 3 rings (SSSR count). The van der Waals surface area contributed by atoms with Crippen LogP contribution in [-0.4, -0.2) is 22.8 Å². The van der Waals surface area contributed by atoms with Gasteiger partial charge >= 0.3 is 12.4 Å². The van der Waals surface area contributed by atoms with Crippen molar-refractivity contribution in [3.63, 3.8) is 0 Å². The third-order valence-electron chi connectivity index (χ3n) is 4.77. The number of hydrogen-bond donors (Lipinski definition) is 0. The van der Waals surface area contributed by atoms with E-state index in [2.05, 4.69) is 4.98 Å². The van der Waals surface area contributed by atoms with Crippen LogP contribution in [0.2, 0.25) is 0 Å². The van der Waals surface area contributed by atoms with E-state index < -0.39 is 35.9 Å². The molecule has 1 aromatic heterocycles. The first kappa shape index (κ1) is 23.3. The van der Waals surface area contributed by atoms with E-state index in [0.717, 1.165) is 10.5 Å². The maximum Gasteiger partial charge on any atom is 0.416 e. The maximum absolute atomic E-state index is 13.1. The highest BCUT2D eigenvalue weighted by Crippen LogP contribution is 2.36. The van der Waals surface area contributed by atoms with Gasteiger partial charge in [-0.05, 0) is 47.9 Å². The molecule has 0 saturated heterocycles. The average Bonchev–Trinajstić information content (AvgIpc) is 2.72. The number of rotatable bonds is 4. The number of aromatic nitrogens is 1. The van der Waals surface area contributed by atoms with Crippen LogP contribution in [0.1, 0.15) is 32.7 Å². The number of carbonyl (C=O) groups excluding carboxylic acids is 1. The van der Waals surface area contributed by atoms with Crippen LogP contribution in [-0.2, 0) is 18.9 Å². The summed E-state index contributed by atoms with van der Waals surface area (Å²) in [6, 6.07) is 11.9. The zero-order valence-electron chi connectivity index (χ0n) is 17.1. The molecule has 168 valence electrons. The minimum atomic E-state index is -4.96. The summed E-state index contributed by atoms with van der Waals surface area (Å²) in [5.41, 5.74) is -1.01. The van der Waals surface area contributed by atoms with Crippen molar-refractivity contribution in [2.24, 2.45) is 0 Å². The first-order chi connectivity index (χ1) is 14.9. The fourth-order valence-electron chi connectivity index (χ4n) is 3.25. The molecule has 0 aliphatic carbocycles. The summed E-state index contributed by atoms with van der Waals surface area (Å²) in [7, 11) is 1.31. The van der Waals surface area contributed by atoms with Crippen LogP contribution in [0.5, 0.6) is 0 Å². The highest BCUT2D eigenvalue weighted by atomic mass is 19.4. The molecule has 32 heavy (non-hydrogen) atoms. The van der Waals surface area contributed by atoms with Crippen molar-refractivity contribution < 1.29 is 31.1 Å². The van der Waals surface area contributed by atoms with E-state index in [1.165, 1.54) is 13.2 Å². The van der Waals surface area contributed by atoms with E-state index in [4.69, 9.17) is 0 Å². The molecule has 0 fully saturated rings. The molecule has 0 aliphatic rings. The number of nitrogens with zero attached hydrogens (tertiary/aromatic N) is 2. The number of hydrogen-bond acceptors (Lipinski definition) is 2. The van der Waals surface area contributed by atoms with Gasteiger partial charge in [0.15, 0.2) is 0 Å². The number of carbonyl (C=O) groups is 1. The zero-order chi connectivity index (χ0) is 23.7. The summed E-state index contributed by atoms with van der Waals surface area (Å²) in [5.74, 6) is -0.581. The Morgan fingerprint density at radius 1 is 0.906 bits per heavy atom. The molecule has 3 aromatic rings. The van der Waals surface area contributed by atoms with Crippen LogP contribution in [0, 0.1) is 6.92 Å².